The predicted molar refractivity (Wildman–Crippen MR) is 255 cm³/mol. The third kappa shape index (κ3) is 45.9. The van der Waals surface area contributed by atoms with Gasteiger partial charge in [0.15, 0.2) is 0 Å². The second-order valence-electron chi connectivity index (χ2n) is 18.2. The highest BCUT2D eigenvalue weighted by Crippen LogP contribution is 2.16. The van der Waals surface area contributed by atoms with Crippen LogP contribution in [0.4, 0.5) is 0 Å². The molecule has 0 aromatic heterocycles. The fraction of sp³-hybridized carbons (Fsp3) is 0.925. The second-order valence-corrected chi connectivity index (χ2v) is 18.2. The maximum absolute atomic E-state index is 12.4. The standard InChI is InChI=1S/C53H103NO5/c1-3-5-7-9-11-13-15-17-18-19-23-27-31-35-39-43-47-53(58)59-48-44-40-36-32-28-24-21-20-22-26-30-34-38-42-46-52(57)54-50(49-55)51(56)45-41-37-33-29-25-16-14-12-10-8-6-4-2/h18-19,50-51,55-56H,3-17,20-49H2,1-2H3,(H,54,57)/b19-18-. The monoisotopic (exact) mass is 834 g/mol. The van der Waals surface area contributed by atoms with Gasteiger partial charge in [-0.2, -0.15) is 0 Å². The van der Waals surface area contributed by atoms with Crippen LogP contribution in [-0.4, -0.2) is 47.4 Å². The summed E-state index contributed by atoms with van der Waals surface area (Å²) in [7, 11) is 0. The van der Waals surface area contributed by atoms with Crippen LogP contribution < -0.4 is 5.32 Å². The van der Waals surface area contributed by atoms with Crippen LogP contribution in [0.15, 0.2) is 12.2 Å². The number of carbonyl (C=O) groups excluding carboxylic acids is 2. The highest BCUT2D eigenvalue weighted by Gasteiger charge is 2.20. The van der Waals surface area contributed by atoms with Crippen LogP contribution in [0.3, 0.4) is 0 Å². The molecule has 350 valence electrons. The van der Waals surface area contributed by atoms with Crippen molar-refractivity contribution < 1.29 is 24.5 Å². The fourth-order valence-electron chi connectivity index (χ4n) is 8.22. The molecule has 1 amide bonds. The van der Waals surface area contributed by atoms with Crippen LogP contribution >= 0.6 is 0 Å². The van der Waals surface area contributed by atoms with Crippen LogP contribution in [0.25, 0.3) is 0 Å². The number of hydrogen-bond acceptors (Lipinski definition) is 5. The van der Waals surface area contributed by atoms with Crippen molar-refractivity contribution in [2.24, 2.45) is 0 Å². The summed E-state index contributed by atoms with van der Waals surface area (Å²) in [6.07, 6.45) is 56.1. The van der Waals surface area contributed by atoms with E-state index in [9.17, 15) is 19.8 Å². The average Bonchev–Trinajstić information content (AvgIpc) is 3.24. The lowest BCUT2D eigenvalue weighted by Gasteiger charge is -2.22. The number of rotatable bonds is 49. The largest absolute Gasteiger partial charge is 0.466 e. The molecule has 2 atom stereocenters. The van der Waals surface area contributed by atoms with E-state index in [1.165, 1.54) is 205 Å². The SMILES string of the molecule is CCCCCCCCC/C=C\CCCCCCCC(=O)OCCCCCCCCCCCCCCCCC(=O)NC(CO)C(O)CCCCCCCCCCCCCC. The van der Waals surface area contributed by atoms with E-state index in [4.69, 9.17) is 4.74 Å². The number of hydrogen-bond donors (Lipinski definition) is 3. The summed E-state index contributed by atoms with van der Waals surface area (Å²) >= 11 is 0. The quantitative estimate of drug-likeness (QED) is 0.0322. The molecule has 0 rings (SSSR count). The fourth-order valence-corrected chi connectivity index (χ4v) is 8.22. The van der Waals surface area contributed by atoms with Gasteiger partial charge in [-0.05, 0) is 51.4 Å². The van der Waals surface area contributed by atoms with Crippen molar-refractivity contribution in [3.63, 3.8) is 0 Å². The van der Waals surface area contributed by atoms with E-state index < -0.39 is 12.1 Å². The number of nitrogens with one attached hydrogen (secondary N) is 1. The van der Waals surface area contributed by atoms with E-state index in [0.717, 1.165) is 51.4 Å². The minimum atomic E-state index is -0.669. The second kappa shape index (κ2) is 49.3. The topological polar surface area (TPSA) is 95.9 Å². The molecule has 6 nitrogen and oxygen atoms in total. The van der Waals surface area contributed by atoms with Gasteiger partial charge in [0.1, 0.15) is 0 Å². The van der Waals surface area contributed by atoms with Crippen LogP contribution in [-0.2, 0) is 14.3 Å². The van der Waals surface area contributed by atoms with Crippen molar-refractivity contribution in [2.75, 3.05) is 13.2 Å². The smallest absolute Gasteiger partial charge is 0.305 e. The van der Waals surface area contributed by atoms with Gasteiger partial charge in [-0.3, -0.25) is 9.59 Å². The van der Waals surface area contributed by atoms with E-state index in [-0.39, 0.29) is 18.5 Å². The van der Waals surface area contributed by atoms with Gasteiger partial charge in [0.05, 0.1) is 25.4 Å². The molecule has 6 heteroatoms. The van der Waals surface area contributed by atoms with Crippen molar-refractivity contribution in [1.29, 1.82) is 0 Å². The number of carbonyl (C=O) groups is 2. The summed E-state index contributed by atoms with van der Waals surface area (Å²) < 4.78 is 5.47. The number of amides is 1. The molecule has 0 bridgehead atoms. The molecule has 2 unspecified atom stereocenters. The van der Waals surface area contributed by atoms with Crippen LogP contribution in [0.2, 0.25) is 0 Å². The van der Waals surface area contributed by atoms with Gasteiger partial charge in [0.25, 0.3) is 0 Å². The zero-order chi connectivity index (χ0) is 43.0. The van der Waals surface area contributed by atoms with E-state index in [0.29, 0.717) is 25.9 Å². The van der Waals surface area contributed by atoms with Crippen LogP contribution in [0.1, 0.15) is 290 Å². The molecule has 0 aliphatic heterocycles. The predicted octanol–water partition coefficient (Wildman–Crippen LogP) is 15.7. The first kappa shape index (κ1) is 57.6. The number of unbranched alkanes of at least 4 members (excludes halogenated alkanes) is 36. The zero-order valence-electron chi connectivity index (χ0n) is 39.7. The normalized spacial score (nSPS) is 12.7. The first-order valence-corrected chi connectivity index (χ1v) is 26.4. The number of esters is 1. The molecule has 0 saturated carbocycles. The first-order valence-electron chi connectivity index (χ1n) is 26.4. The summed E-state index contributed by atoms with van der Waals surface area (Å²) in [5.74, 6) is -0.0550. The van der Waals surface area contributed by atoms with Crippen LogP contribution in [0, 0.1) is 0 Å². The van der Waals surface area contributed by atoms with Crippen molar-refractivity contribution in [3.8, 4) is 0 Å². The minimum Gasteiger partial charge on any atom is -0.466 e. The molecule has 0 spiro atoms. The Morgan fingerprint density at radius 2 is 0.797 bits per heavy atom. The highest BCUT2D eigenvalue weighted by atomic mass is 16.5. The molecule has 59 heavy (non-hydrogen) atoms. The van der Waals surface area contributed by atoms with Crippen molar-refractivity contribution in [1.82, 2.24) is 5.32 Å². The van der Waals surface area contributed by atoms with E-state index in [1.54, 1.807) is 0 Å². The van der Waals surface area contributed by atoms with Gasteiger partial charge in [-0.15, -0.1) is 0 Å². The van der Waals surface area contributed by atoms with Gasteiger partial charge in [0, 0.05) is 12.8 Å². The van der Waals surface area contributed by atoms with Gasteiger partial charge in [-0.1, -0.05) is 238 Å². The number of ether oxygens (including phenoxy) is 1. The Hall–Kier alpha value is -1.40. The summed E-state index contributed by atoms with van der Waals surface area (Å²) in [6.45, 7) is 4.92. The molecular weight excluding hydrogens is 731 g/mol. The van der Waals surface area contributed by atoms with Gasteiger partial charge < -0.3 is 20.3 Å². The lowest BCUT2D eigenvalue weighted by atomic mass is 10.0. The summed E-state index contributed by atoms with van der Waals surface area (Å²) in [4.78, 5) is 24.5. The molecule has 0 aliphatic rings. The van der Waals surface area contributed by atoms with Crippen molar-refractivity contribution in [2.45, 2.75) is 302 Å². The Labute approximate surface area is 368 Å². The summed E-state index contributed by atoms with van der Waals surface area (Å²) in [5.41, 5.74) is 0. The molecule has 0 saturated heterocycles. The van der Waals surface area contributed by atoms with Crippen molar-refractivity contribution in [3.05, 3.63) is 12.2 Å². The third-order valence-electron chi connectivity index (χ3n) is 12.3. The van der Waals surface area contributed by atoms with E-state index in [1.807, 2.05) is 0 Å². The number of aliphatic hydroxyl groups excluding tert-OH is 2. The number of aliphatic hydroxyl groups is 2. The van der Waals surface area contributed by atoms with Crippen LogP contribution in [0.5, 0.6) is 0 Å². The first-order chi connectivity index (χ1) is 29.0. The lowest BCUT2D eigenvalue weighted by Crippen LogP contribution is -2.45. The Morgan fingerprint density at radius 1 is 0.458 bits per heavy atom. The molecule has 0 radical (unpaired) electrons. The molecule has 3 N–H and O–H groups in total. The Kier molecular flexibility index (Phi) is 48.1. The molecule has 0 fully saturated rings. The molecule has 0 aliphatic carbocycles. The Balaban J connectivity index is 3.42. The van der Waals surface area contributed by atoms with Gasteiger partial charge >= 0.3 is 5.97 Å². The molecule has 0 aromatic carbocycles. The van der Waals surface area contributed by atoms with E-state index >= 15 is 0 Å². The van der Waals surface area contributed by atoms with E-state index in [2.05, 4.69) is 31.3 Å². The zero-order valence-corrected chi connectivity index (χ0v) is 39.7. The van der Waals surface area contributed by atoms with Gasteiger partial charge in [0.2, 0.25) is 5.91 Å². The summed E-state index contributed by atoms with van der Waals surface area (Å²) in [5, 5.41) is 23.2. The number of allylic oxidation sites excluding steroid dienone is 2. The lowest BCUT2D eigenvalue weighted by molar-refractivity contribution is -0.143. The molecule has 0 heterocycles. The minimum absolute atomic E-state index is 0.00935. The Morgan fingerprint density at radius 3 is 1.20 bits per heavy atom. The average molecular weight is 834 g/mol. The molecule has 0 aromatic rings. The third-order valence-corrected chi connectivity index (χ3v) is 12.3. The maximum atomic E-state index is 12.4. The molecular formula is C53H103NO5. The summed E-state index contributed by atoms with van der Waals surface area (Å²) in [6, 6.07) is -0.548. The highest BCUT2D eigenvalue weighted by molar-refractivity contribution is 5.76. The van der Waals surface area contributed by atoms with Crippen molar-refractivity contribution >= 4 is 11.9 Å². The maximum Gasteiger partial charge on any atom is 0.305 e. The Bertz CT molecular complexity index is 878. The van der Waals surface area contributed by atoms with Gasteiger partial charge in [-0.25, -0.2) is 0 Å².